The van der Waals surface area contributed by atoms with Crippen molar-refractivity contribution in [1.82, 2.24) is 19.8 Å². The Morgan fingerprint density at radius 2 is 1.96 bits per heavy atom. The van der Waals surface area contributed by atoms with Crippen LogP contribution in [0, 0.1) is 0 Å². The number of anilines is 1. The van der Waals surface area contributed by atoms with Crippen molar-refractivity contribution < 1.29 is 9.53 Å². The largest absolute Gasteiger partial charge is 0.379 e. The van der Waals surface area contributed by atoms with Gasteiger partial charge in [-0.2, -0.15) is 0 Å². The Morgan fingerprint density at radius 3 is 2.74 bits per heavy atom. The van der Waals surface area contributed by atoms with Gasteiger partial charge in [0.1, 0.15) is 5.69 Å². The molecule has 0 aromatic carbocycles. The molecule has 2 aliphatic rings. The van der Waals surface area contributed by atoms with Gasteiger partial charge in [-0.05, 0) is 25.3 Å². The number of morpholine rings is 1. The minimum atomic E-state index is 0.0170. The highest BCUT2D eigenvalue weighted by Crippen LogP contribution is 2.12. The standard InChI is InChI=1S/C16H25N5O2/c22-15(21-7-2-1-3-8-21)14-4-5-17-16(19-14)18-6-9-20-10-12-23-13-11-20/h4-5H,1-3,6-13H2,(H,17,18,19). The van der Waals surface area contributed by atoms with Crippen molar-refractivity contribution >= 4 is 11.9 Å². The predicted octanol–water partition coefficient (Wildman–Crippen LogP) is 0.847. The van der Waals surface area contributed by atoms with Crippen molar-refractivity contribution in [3.8, 4) is 0 Å². The Hall–Kier alpha value is -1.73. The maximum absolute atomic E-state index is 12.5. The molecule has 2 aliphatic heterocycles. The highest BCUT2D eigenvalue weighted by atomic mass is 16.5. The van der Waals surface area contributed by atoms with Crippen LogP contribution in [0.5, 0.6) is 0 Å². The molecule has 0 radical (unpaired) electrons. The molecule has 1 aromatic heterocycles. The van der Waals surface area contributed by atoms with E-state index in [1.807, 2.05) is 4.90 Å². The molecule has 23 heavy (non-hydrogen) atoms. The van der Waals surface area contributed by atoms with E-state index in [4.69, 9.17) is 4.74 Å². The average Bonchev–Trinajstić information content (AvgIpc) is 2.63. The Balaban J connectivity index is 1.51. The third-order valence-electron chi connectivity index (χ3n) is 4.33. The summed E-state index contributed by atoms with van der Waals surface area (Å²) in [7, 11) is 0. The zero-order valence-electron chi connectivity index (χ0n) is 13.5. The Morgan fingerprint density at radius 1 is 1.17 bits per heavy atom. The Kier molecular flexibility index (Phi) is 5.76. The van der Waals surface area contributed by atoms with Gasteiger partial charge in [0.2, 0.25) is 5.95 Å². The van der Waals surface area contributed by atoms with Crippen LogP contribution in [0.25, 0.3) is 0 Å². The van der Waals surface area contributed by atoms with Gasteiger partial charge in [-0.15, -0.1) is 0 Å². The van der Waals surface area contributed by atoms with Crippen molar-refractivity contribution in [3.05, 3.63) is 18.0 Å². The lowest BCUT2D eigenvalue weighted by Gasteiger charge is -2.27. The second-order valence-electron chi connectivity index (χ2n) is 6.00. The summed E-state index contributed by atoms with van der Waals surface area (Å²) in [6.45, 7) is 6.91. The molecule has 1 N–H and O–H groups in total. The number of amides is 1. The molecule has 3 rings (SSSR count). The van der Waals surface area contributed by atoms with E-state index in [0.29, 0.717) is 11.6 Å². The van der Waals surface area contributed by atoms with Crippen LogP contribution in [0.2, 0.25) is 0 Å². The van der Waals surface area contributed by atoms with E-state index >= 15 is 0 Å². The fourth-order valence-corrected chi connectivity index (χ4v) is 2.97. The number of nitrogens with zero attached hydrogens (tertiary/aromatic N) is 4. The first-order valence-corrected chi connectivity index (χ1v) is 8.49. The van der Waals surface area contributed by atoms with Crippen molar-refractivity contribution in [3.63, 3.8) is 0 Å². The molecule has 0 bridgehead atoms. The molecule has 2 fully saturated rings. The van der Waals surface area contributed by atoms with Crippen molar-refractivity contribution in [2.45, 2.75) is 19.3 Å². The summed E-state index contributed by atoms with van der Waals surface area (Å²) in [5.74, 6) is 0.546. The summed E-state index contributed by atoms with van der Waals surface area (Å²) in [5.41, 5.74) is 0.482. The Bertz CT molecular complexity index is 513. The number of nitrogens with one attached hydrogen (secondary N) is 1. The predicted molar refractivity (Wildman–Crippen MR) is 87.5 cm³/mol. The first-order chi connectivity index (χ1) is 11.3. The molecule has 0 spiro atoms. The molecule has 3 heterocycles. The number of ether oxygens (including phenoxy) is 1. The number of rotatable bonds is 5. The SMILES string of the molecule is O=C(c1ccnc(NCCN2CCOCC2)n1)N1CCCCC1. The highest BCUT2D eigenvalue weighted by molar-refractivity contribution is 5.92. The molecule has 7 nitrogen and oxygen atoms in total. The van der Waals surface area contributed by atoms with Gasteiger partial charge in [-0.1, -0.05) is 0 Å². The van der Waals surface area contributed by atoms with Crippen LogP contribution < -0.4 is 5.32 Å². The monoisotopic (exact) mass is 319 g/mol. The van der Waals surface area contributed by atoms with Crippen molar-refractivity contribution in [2.75, 3.05) is 57.8 Å². The lowest BCUT2D eigenvalue weighted by molar-refractivity contribution is 0.0398. The van der Waals surface area contributed by atoms with Crippen LogP contribution in [0.4, 0.5) is 5.95 Å². The maximum Gasteiger partial charge on any atom is 0.272 e. The summed E-state index contributed by atoms with van der Waals surface area (Å²) >= 11 is 0. The lowest BCUT2D eigenvalue weighted by atomic mass is 10.1. The molecular formula is C16H25N5O2. The van der Waals surface area contributed by atoms with Crippen LogP contribution in [0.3, 0.4) is 0 Å². The molecular weight excluding hydrogens is 294 g/mol. The van der Waals surface area contributed by atoms with Crippen molar-refractivity contribution in [2.24, 2.45) is 0 Å². The first kappa shape index (κ1) is 16.1. The van der Waals surface area contributed by atoms with E-state index in [9.17, 15) is 4.79 Å². The van der Waals surface area contributed by atoms with Crippen LogP contribution in [0.15, 0.2) is 12.3 Å². The molecule has 126 valence electrons. The van der Waals surface area contributed by atoms with Gasteiger partial charge in [-0.25, -0.2) is 9.97 Å². The summed E-state index contributed by atoms with van der Waals surface area (Å²) in [6, 6.07) is 1.70. The number of likely N-dealkylation sites (tertiary alicyclic amines) is 1. The van der Waals surface area contributed by atoms with Crippen LogP contribution in [0.1, 0.15) is 29.8 Å². The second kappa shape index (κ2) is 8.21. The molecule has 1 amide bonds. The number of carbonyl (C=O) groups excluding carboxylic acids is 1. The van der Waals surface area contributed by atoms with E-state index in [0.717, 1.165) is 65.3 Å². The summed E-state index contributed by atoms with van der Waals surface area (Å²) in [4.78, 5) is 25.3. The lowest BCUT2D eigenvalue weighted by Crippen LogP contribution is -2.39. The van der Waals surface area contributed by atoms with Gasteiger partial charge in [0.05, 0.1) is 13.2 Å². The van der Waals surface area contributed by atoms with Gasteiger partial charge in [-0.3, -0.25) is 9.69 Å². The topological polar surface area (TPSA) is 70.6 Å². The van der Waals surface area contributed by atoms with Gasteiger partial charge in [0.15, 0.2) is 0 Å². The number of carbonyl (C=O) groups is 1. The molecule has 0 saturated carbocycles. The normalized spacial score (nSPS) is 19.6. The highest BCUT2D eigenvalue weighted by Gasteiger charge is 2.19. The summed E-state index contributed by atoms with van der Waals surface area (Å²) < 4.78 is 5.34. The van der Waals surface area contributed by atoms with Crippen LogP contribution in [-0.4, -0.2) is 78.2 Å². The van der Waals surface area contributed by atoms with Gasteiger partial charge >= 0.3 is 0 Å². The van der Waals surface area contributed by atoms with Crippen LogP contribution in [-0.2, 0) is 4.74 Å². The van der Waals surface area contributed by atoms with Gasteiger partial charge in [0.25, 0.3) is 5.91 Å². The smallest absolute Gasteiger partial charge is 0.272 e. The maximum atomic E-state index is 12.5. The van der Waals surface area contributed by atoms with Gasteiger partial charge in [0, 0.05) is 45.5 Å². The zero-order chi connectivity index (χ0) is 15.9. The molecule has 0 atom stereocenters. The van der Waals surface area contributed by atoms with E-state index in [-0.39, 0.29) is 5.91 Å². The molecule has 0 aliphatic carbocycles. The Labute approximate surface area is 137 Å². The molecule has 2 saturated heterocycles. The number of piperidine rings is 1. The number of hydrogen-bond acceptors (Lipinski definition) is 6. The fraction of sp³-hybridized carbons (Fsp3) is 0.688. The zero-order valence-corrected chi connectivity index (χ0v) is 13.5. The molecule has 1 aromatic rings. The second-order valence-corrected chi connectivity index (χ2v) is 6.00. The number of aromatic nitrogens is 2. The van der Waals surface area contributed by atoms with E-state index < -0.39 is 0 Å². The first-order valence-electron chi connectivity index (χ1n) is 8.49. The van der Waals surface area contributed by atoms with E-state index in [1.165, 1.54) is 6.42 Å². The third kappa shape index (κ3) is 4.62. The molecule has 7 heteroatoms. The fourth-order valence-electron chi connectivity index (χ4n) is 2.97. The average molecular weight is 319 g/mol. The third-order valence-corrected chi connectivity index (χ3v) is 4.33. The number of hydrogen-bond donors (Lipinski definition) is 1. The van der Waals surface area contributed by atoms with Crippen LogP contribution >= 0.6 is 0 Å². The van der Waals surface area contributed by atoms with Crippen molar-refractivity contribution in [1.29, 1.82) is 0 Å². The quantitative estimate of drug-likeness (QED) is 0.867. The minimum absolute atomic E-state index is 0.0170. The minimum Gasteiger partial charge on any atom is -0.379 e. The summed E-state index contributed by atoms with van der Waals surface area (Å²) in [6.07, 6.45) is 5.03. The van der Waals surface area contributed by atoms with E-state index in [2.05, 4.69) is 20.2 Å². The van der Waals surface area contributed by atoms with Gasteiger partial charge < -0.3 is 15.0 Å². The molecule has 0 unspecified atom stereocenters. The van der Waals surface area contributed by atoms with E-state index in [1.54, 1.807) is 12.3 Å². The summed E-state index contributed by atoms with van der Waals surface area (Å²) in [5, 5.41) is 3.21.